The highest BCUT2D eigenvalue weighted by atomic mass is 19.4. The molecule has 1 saturated heterocycles. The molecule has 186 valence electrons. The van der Waals surface area contributed by atoms with Gasteiger partial charge in [-0.05, 0) is 29.2 Å². The number of hydrogen-bond acceptors (Lipinski definition) is 5. The molecule has 1 fully saturated rings. The Balaban J connectivity index is 1.52. The first-order valence-corrected chi connectivity index (χ1v) is 10.9. The molecule has 4 rings (SSSR count). The average Bonchev–Trinajstić information content (AvgIpc) is 3.15. The quantitative estimate of drug-likeness (QED) is 0.665. The van der Waals surface area contributed by atoms with E-state index >= 15 is 0 Å². The smallest absolute Gasteiger partial charge is 0.420 e. The van der Waals surface area contributed by atoms with E-state index in [1.54, 1.807) is 5.32 Å². The van der Waals surface area contributed by atoms with Crippen molar-refractivity contribution in [2.24, 2.45) is 0 Å². The Bertz CT molecular complexity index is 1110. The third-order valence-corrected chi connectivity index (χ3v) is 6.36. The maximum atomic E-state index is 14.0. The molecular formula is C24H23F3N2O6. The minimum absolute atomic E-state index is 0.131. The van der Waals surface area contributed by atoms with Crippen LogP contribution in [0.25, 0.3) is 11.1 Å². The number of carboxylic acids is 1. The topological polar surface area (TPSA) is 105 Å². The van der Waals surface area contributed by atoms with Crippen LogP contribution >= 0.6 is 0 Å². The van der Waals surface area contributed by atoms with Gasteiger partial charge in [0.15, 0.2) is 6.04 Å². The number of rotatable bonds is 5. The first-order valence-electron chi connectivity index (χ1n) is 10.9. The summed E-state index contributed by atoms with van der Waals surface area (Å²) in [6.07, 6.45) is -6.67. The fourth-order valence-electron chi connectivity index (χ4n) is 4.42. The zero-order valence-electron chi connectivity index (χ0n) is 18.7. The number of ether oxygens (including phenoxy) is 2. The van der Waals surface area contributed by atoms with E-state index in [9.17, 15) is 32.7 Å². The van der Waals surface area contributed by atoms with Crippen LogP contribution < -0.4 is 5.32 Å². The fraction of sp³-hybridized carbons (Fsp3) is 0.375. The van der Waals surface area contributed by atoms with Gasteiger partial charge in [0.1, 0.15) is 6.61 Å². The maximum Gasteiger partial charge on any atom is 0.420 e. The van der Waals surface area contributed by atoms with Gasteiger partial charge in [-0.3, -0.25) is 10.1 Å². The first kappa shape index (κ1) is 24.5. The van der Waals surface area contributed by atoms with Gasteiger partial charge in [0.2, 0.25) is 5.54 Å². The average molecular weight is 492 g/mol. The first-order chi connectivity index (χ1) is 16.5. The Morgan fingerprint density at radius 2 is 1.66 bits per heavy atom. The standard InChI is InChI=1S/C24H23F3N2O6/c1-23(24(25,26)27,21(32)29-10-11-34-13-19(29)20(30)31)28-22(33)35-12-18-16-8-4-2-6-14(16)15-7-3-5-9-17(15)18/h2-9,18-19H,10-13H2,1H3,(H,28,33)(H,30,31). The van der Waals surface area contributed by atoms with Gasteiger partial charge in [0.05, 0.1) is 13.2 Å². The van der Waals surface area contributed by atoms with Crippen LogP contribution in [0.4, 0.5) is 18.0 Å². The number of alkyl halides is 3. The normalized spacial score (nSPS) is 19.3. The highest BCUT2D eigenvalue weighted by Crippen LogP contribution is 2.44. The highest BCUT2D eigenvalue weighted by Gasteiger charge is 2.60. The lowest BCUT2D eigenvalue weighted by Gasteiger charge is -2.40. The van der Waals surface area contributed by atoms with Gasteiger partial charge in [0.25, 0.3) is 5.91 Å². The van der Waals surface area contributed by atoms with Gasteiger partial charge in [0, 0.05) is 12.5 Å². The Kier molecular flexibility index (Phi) is 6.46. The summed E-state index contributed by atoms with van der Waals surface area (Å²) in [4.78, 5) is 37.5. The molecule has 0 aromatic heterocycles. The molecule has 35 heavy (non-hydrogen) atoms. The molecule has 8 nitrogen and oxygen atoms in total. The van der Waals surface area contributed by atoms with E-state index in [1.165, 1.54) is 0 Å². The molecule has 2 aromatic carbocycles. The zero-order valence-corrected chi connectivity index (χ0v) is 18.7. The molecule has 0 bridgehead atoms. The summed E-state index contributed by atoms with van der Waals surface area (Å²) in [5, 5.41) is 11.0. The van der Waals surface area contributed by atoms with E-state index in [-0.39, 0.29) is 19.8 Å². The summed E-state index contributed by atoms with van der Waals surface area (Å²) >= 11 is 0. The molecular weight excluding hydrogens is 469 g/mol. The molecule has 2 atom stereocenters. The summed E-state index contributed by atoms with van der Waals surface area (Å²) in [6, 6.07) is 13.3. The van der Waals surface area contributed by atoms with Crippen LogP contribution in [0, 0.1) is 0 Å². The third-order valence-electron chi connectivity index (χ3n) is 6.36. The number of amides is 2. The van der Waals surface area contributed by atoms with Gasteiger partial charge in [-0.15, -0.1) is 0 Å². The van der Waals surface area contributed by atoms with Crippen molar-refractivity contribution in [3.8, 4) is 11.1 Å². The summed E-state index contributed by atoms with van der Waals surface area (Å²) in [5.41, 5.74) is 0.224. The number of alkyl carbamates (subject to hydrolysis) is 1. The van der Waals surface area contributed by atoms with Crippen molar-refractivity contribution < 1.29 is 42.1 Å². The minimum atomic E-state index is -5.23. The Morgan fingerprint density at radius 1 is 1.09 bits per heavy atom. The van der Waals surface area contributed by atoms with E-state index < -0.39 is 48.3 Å². The number of nitrogens with one attached hydrogen (secondary N) is 1. The molecule has 1 heterocycles. The van der Waals surface area contributed by atoms with Crippen molar-refractivity contribution in [1.82, 2.24) is 10.2 Å². The SMILES string of the molecule is CC(NC(=O)OCC1c2ccccc2-c2ccccc21)(C(=O)N1CCOCC1C(=O)O)C(F)(F)F. The van der Waals surface area contributed by atoms with Crippen LogP contribution in [0.5, 0.6) is 0 Å². The molecule has 2 unspecified atom stereocenters. The summed E-state index contributed by atoms with van der Waals surface area (Å²) in [7, 11) is 0. The van der Waals surface area contributed by atoms with E-state index in [0.29, 0.717) is 11.8 Å². The summed E-state index contributed by atoms with van der Waals surface area (Å²) in [6.45, 7) is -0.718. The predicted octanol–water partition coefficient (Wildman–Crippen LogP) is 3.16. The molecule has 0 radical (unpaired) electrons. The number of hydrogen-bond donors (Lipinski definition) is 2. The number of halogens is 3. The molecule has 11 heteroatoms. The number of aliphatic carboxylic acids is 1. The van der Waals surface area contributed by atoms with Gasteiger partial charge in [-0.2, -0.15) is 13.2 Å². The fourth-order valence-corrected chi connectivity index (χ4v) is 4.42. The van der Waals surface area contributed by atoms with Gasteiger partial charge in [-0.1, -0.05) is 48.5 Å². The monoisotopic (exact) mass is 492 g/mol. The Hall–Kier alpha value is -3.60. The van der Waals surface area contributed by atoms with Crippen molar-refractivity contribution in [2.75, 3.05) is 26.4 Å². The highest BCUT2D eigenvalue weighted by molar-refractivity contribution is 5.93. The van der Waals surface area contributed by atoms with Crippen molar-refractivity contribution in [3.05, 3.63) is 59.7 Å². The summed E-state index contributed by atoms with van der Waals surface area (Å²) in [5.74, 6) is -3.51. The molecule has 2 aromatic rings. The van der Waals surface area contributed by atoms with Crippen LogP contribution in [-0.4, -0.2) is 72.1 Å². The van der Waals surface area contributed by atoms with Crippen LogP contribution in [0.2, 0.25) is 0 Å². The van der Waals surface area contributed by atoms with E-state index in [0.717, 1.165) is 22.3 Å². The molecule has 0 spiro atoms. The summed E-state index contributed by atoms with van der Waals surface area (Å²) < 4.78 is 52.3. The number of fused-ring (bicyclic) bond motifs is 3. The van der Waals surface area contributed by atoms with Crippen molar-refractivity contribution in [3.63, 3.8) is 0 Å². The number of morpholine rings is 1. The third kappa shape index (κ3) is 4.43. The van der Waals surface area contributed by atoms with E-state index in [2.05, 4.69) is 0 Å². The molecule has 2 N–H and O–H groups in total. The second-order valence-electron chi connectivity index (χ2n) is 8.50. The van der Waals surface area contributed by atoms with Crippen LogP contribution in [0.3, 0.4) is 0 Å². The van der Waals surface area contributed by atoms with Crippen LogP contribution in [-0.2, 0) is 19.1 Å². The minimum Gasteiger partial charge on any atom is -0.480 e. The maximum absolute atomic E-state index is 14.0. The van der Waals surface area contributed by atoms with Gasteiger partial charge < -0.3 is 19.5 Å². The number of nitrogens with zero attached hydrogens (tertiary/aromatic N) is 1. The van der Waals surface area contributed by atoms with Crippen LogP contribution in [0.1, 0.15) is 24.0 Å². The van der Waals surface area contributed by atoms with Crippen molar-refractivity contribution in [2.45, 2.75) is 30.6 Å². The van der Waals surface area contributed by atoms with Crippen molar-refractivity contribution >= 4 is 18.0 Å². The van der Waals surface area contributed by atoms with E-state index in [4.69, 9.17) is 9.47 Å². The van der Waals surface area contributed by atoms with Gasteiger partial charge >= 0.3 is 18.2 Å². The molecule has 0 saturated carbocycles. The lowest BCUT2D eigenvalue weighted by Crippen LogP contribution is -2.69. The van der Waals surface area contributed by atoms with Gasteiger partial charge in [-0.25, -0.2) is 9.59 Å². The largest absolute Gasteiger partial charge is 0.480 e. The molecule has 1 aliphatic heterocycles. The van der Waals surface area contributed by atoms with E-state index in [1.807, 2.05) is 48.5 Å². The zero-order chi connectivity index (χ0) is 25.4. The second-order valence-corrected chi connectivity index (χ2v) is 8.50. The number of benzene rings is 2. The predicted molar refractivity (Wildman–Crippen MR) is 117 cm³/mol. The molecule has 1 aliphatic carbocycles. The van der Waals surface area contributed by atoms with Crippen LogP contribution in [0.15, 0.2) is 48.5 Å². The Morgan fingerprint density at radius 3 is 2.20 bits per heavy atom. The molecule has 2 amide bonds. The Labute approximate surface area is 198 Å². The lowest BCUT2D eigenvalue weighted by atomic mass is 9.97. The molecule has 2 aliphatic rings. The second kappa shape index (κ2) is 9.21. The number of carbonyl (C=O) groups excluding carboxylic acids is 2. The number of carbonyl (C=O) groups is 3. The van der Waals surface area contributed by atoms with Crippen molar-refractivity contribution in [1.29, 1.82) is 0 Å². The number of carboxylic acid groups (broad SMARTS) is 1. The lowest BCUT2D eigenvalue weighted by molar-refractivity contribution is -0.205.